The largest absolute Gasteiger partial charge is 0.490 e. The van der Waals surface area contributed by atoms with Crippen molar-refractivity contribution in [2.75, 3.05) is 29.9 Å². The summed E-state index contributed by atoms with van der Waals surface area (Å²) in [4.78, 5) is 18.5. The molecule has 2 aromatic carbocycles. The van der Waals surface area contributed by atoms with Crippen LogP contribution in [0.1, 0.15) is 24.8 Å². The maximum Gasteiger partial charge on any atom is 0.224 e. The number of halogens is 1. The van der Waals surface area contributed by atoms with E-state index < -0.39 is 11.4 Å². The average Bonchev–Trinajstić information content (AvgIpc) is 3.11. The van der Waals surface area contributed by atoms with Gasteiger partial charge in [-0.05, 0) is 43.5 Å². The fourth-order valence-electron chi connectivity index (χ4n) is 4.45. The predicted octanol–water partition coefficient (Wildman–Crippen LogP) is 3.01. The van der Waals surface area contributed by atoms with Gasteiger partial charge in [-0.3, -0.25) is 4.79 Å². The number of anilines is 2. The molecule has 0 unspecified atom stereocenters. The number of piperidine rings is 1. The summed E-state index contributed by atoms with van der Waals surface area (Å²) in [6.45, 7) is 1.44. The molecule has 2 aliphatic heterocycles. The first-order chi connectivity index (χ1) is 14.9. The van der Waals surface area contributed by atoms with E-state index in [4.69, 9.17) is 9.72 Å². The van der Waals surface area contributed by atoms with Crippen LogP contribution in [0.25, 0.3) is 11.0 Å². The fraction of sp³-hybridized carbons (Fsp3) is 0.391. The number of rotatable bonds is 4. The second-order valence-electron chi connectivity index (χ2n) is 8.41. The van der Waals surface area contributed by atoms with Crippen LogP contribution in [0.5, 0.6) is 5.75 Å². The van der Waals surface area contributed by atoms with Crippen molar-refractivity contribution in [3.8, 4) is 5.75 Å². The summed E-state index contributed by atoms with van der Waals surface area (Å²) < 4.78 is 22.1. The molecule has 31 heavy (non-hydrogen) atoms. The van der Waals surface area contributed by atoms with Gasteiger partial charge in [-0.15, -0.1) is 0 Å². The Hall–Kier alpha value is -3.13. The number of hydrogen-bond donors (Lipinski definition) is 2. The van der Waals surface area contributed by atoms with Crippen LogP contribution in [0.3, 0.4) is 0 Å². The standard InChI is InChI=1S/C23H25FN4O3/c1-27-18-5-3-2-4-17(18)25-22(27)28-12-10-23(30,11-13-28)14-31-19-8-7-16(24)21-15(19)6-9-20(29)26-21/h2-5,7-8,30H,6,9-14H2,1H3,(H,26,29). The van der Waals surface area contributed by atoms with Crippen molar-refractivity contribution in [2.24, 2.45) is 7.05 Å². The summed E-state index contributed by atoms with van der Waals surface area (Å²) >= 11 is 0. The Balaban J connectivity index is 1.27. The summed E-state index contributed by atoms with van der Waals surface area (Å²) in [5.74, 6) is 0.747. The number of carbonyl (C=O) groups is 1. The van der Waals surface area contributed by atoms with Crippen molar-refractivity contribution in [3.05, 3.63) is 47.8 Å². The molecule has 3 aromatic rings. The number of aromatic nitrogens is 2. The Labute approximate surface area is 179 Å². The second kappa shape index (κ2) is 7.53. The zero-order valence-electron chi connectivity index (χ0n) is 17.4. The number of para-hydroxylation sites is 2. The molecule has 0 radical (unpaired) electrons. The molecular formula is C23H25FN4O3. The van der Waals surface area contributed by atoms with Crippen LogP contribution in [-0.4, -0.2) is 45.9 Å². The van der Waals surface area contributed by atoms with Gasteiger partial charge in [-0.25, -0.2) is 9.37 Å². The maximum absolute atomic E-state index is 14.1. The smallest absolute Gasteiger partial charge is 0.224 e. The van der Waals surface area contributed by atoms with Crippen LogP contribution >= 0.6 is 0 Å². The van der Waals surface area contributed by atoms with Crippen LogP contribution < -0.4 is 15.0 Å². The highest BCUT2D eigenvalue weighted by Crippen LogP contribution is 2.35. The molecule has 0 saturated carbocycles. The van der Waals surface area contributed by atoms with E-state index in [9.17, 15) is 14.3 Å². The number of nitrogens with one attached hydrogen (secondary N) is 1. The fourth-order valence-corrected chi connectivity index (χ4v) is 4.45. The zero-order valence-corrected chi connectivity index (χ0v) is 17.4. The van der Waals surface area contributed by atoms with E-state index in [1.807, 2.05) is 31.3 Å². The molecule has 0 spiro atoms. The number of amides is 1. The lowest BCUT2D eigenvalue weighted by atomic mass is 9.92. The summed E-state index contributed by atoms with van der Waals surface area (Å²) in [6.07, 6.45) is 1.80. The Morgan fingerprint density at radius 2 is 1.97 bits per heavy atom. The van der Waals surface area contributed by atoms with Crippen molar-refractivity contribution in [1.29, 1.82) is 0 Å². The second-order valence-corrected chi connectivity index (χ2v) is 8.41. The summed E-state index contributed by atoms with van der Waals surface area (Å²) in [6, 6.07) is 10.9. The van der Waals surface area contributed by atoms with Crippen molar-refractivity contribution >= 4 is 28.6 Å². The summed E-state index contributed by atoms with van der Waals surface area (Å²) in [5, 5.41) is 13.7. The molecule has 1 fully saturated rings. The Morgan fingerprint density at radius 3 is 2.74 bits per heavy atom. The van der Waals surface area contributed by atoms with Gasteiger partial charge >= 0.3 is 0 Å². The van der Waals surface area contributed by atoms with Crippen LogP contribution in [0.4, 0.5) is 16.0 Å². The lowest BCUT2D eigenvalue weighted by Crippen LogP contribution is -2.48. The maximum atomic E-state index is 14.1. The Bertz CT molecular complexity index is 1150. The molecule has 1 saturated heterocycles. The lowest BCUT2D eigenvalue weighted by molar-refractivity contribution is -0.116. The number of fused-ring (bicyclic) bond motifs is 2. The highest BCUT2D eigenvalue weighted by Gasteiger charge is 2.35. The third kappa shape index (κ3) is 3.61. The van der Waals surface area contributed by atoms with E-state index in [0.717, 1.165) is 17.0 Å². The number of aliphatic hydroxyl groups is 1. The SMILES string of the molecule is Cn1c(N2CCC(O)(COc3ccc(F)c4c3CCC(=O)N4)CC2)nc2ccccc21. The van der Waals surface area contributed by atoms with E-state index in [0.29, 0.717) is 50.1 Å². The molecule has 162 valence electrons. The number of carbonyl (C=O) groups excluding carboxylic acids is 1. The quantitative estimate of drug-likeness (QED) is 0.673. The lowest BCUT2D eigenvalue weighted by Gasteiger charge is -2.38. The van der Waals surface area contributed by atoms with Crippen molar-refractivity contribution in [2.45, 2.75) is 31.3 Å². The summed E-state index contributed by atoms with van der Waals surface area (Å²) in [7, 11) is 2.00. The molecule has 7 nitrogen and oxygen atoms in total. The third-order valence-electron chi connectivity index (χ3n) is 6.32. The average molecular weight is 424 g/mol. The van der Waals surface area contributed by atoms with E-state index in [1.165, 1.54) is 6.07 Å². The van der Waals surface area contributed by atoms with Crippen molar-refractivity contribution in [1.82, 2.24) is 9.55 Å². The van der Waals surface area contributed by atoms with Crippen LogP contribution in [0.2, 0.25) is 0 Å². The van der Waals surface area contributed by atoms with Crippen molar-refractivity contribution in [3.63, 3.8) is 0 Å². The number of aryl methyl sites for hydroxylation is 1. The van der Waals surface area contributed by atoms with Gasteiger partial charge in [0.2, 0.25) is 11.9 Å². The number of imidazole rings is 1. The molecule has 2 aliphatic rings. The highest BCUT2D eigenvalue weighted by atomic mass is 19.1. The Morgan fingerprint density at radius 1 is 1.19 bits per heavy atom. The molecule has 2 N–H and O–H groups in total. The normalized spacial score (nSPS) is 18.0. The van der Waals surface area contributed by atoms with Gasteiger partial charge in [0.25, 0.3) is 0 Å². The Kier molecular flexibility index (Phi) is 4.81. The first kappa shape index (κ1) is 19.8. The molecule has 3 heterocycles. The van der Waals surface area contributed by atoms with E-state index >= 15 is 0 Å². The van der Waals surface area contributed by atoms with Gasteiger partial charge in [0.05, 0.1) is 16.7 Å². The molecule has 1 aromatic heterocycles. The molecule has 0 atom stereocenters. The van der Waals surface area contributed by atoms with Gasteiger partial charge in [-0.1, -0.05) is 12.1 Å². The van der Waals surface area contributed by atoms with Gasteiger partial charge in [0.1, 0.15) is 23.8 Å². The van der Waals surface area contributed by atoms with Crippen molar-refractivity contribution < 1.29 is 19.0 Å². The summed E-state index contributed by atoms with van der Waals surface area (Å²) in [5.41, 5.74) is 1.91. The topological polar surface area (TPSA) is 79.6 Å². The third-order valence-corrected chi connectivity index (χ3v) is 6.32. The zero-order chi connectivity index (χ0) is 21.6. The highest BCUT2D eigenvalue weighted by molar-refractivity contribution is 5.94. The van der Waals surface area contributed by atoms with Gasteiger partial charge in [0, 0.05) is 32.1 Å². The first-order valence-electron chi connectivity index (χ1n) is 10.6. The monoisotopic (exact) mass is 424 g/mol. The number of ether oxygens (including phenoxy) is 1. The van der Waals surface area contributed by atoms with E-state index in [2.05, 4.69) is 14.8 Å². The van der Waals surface area contributed by atoms with Gasteiger partial charge < -0.3 is 24.6 Å². The van der Waals surface area contributed by atoms with Gasteiger partial charge in [-0.2, -0.15) is 0 Å². The van der Waals surface area contributed by atoms with E-state index in [1.54, 1.807) is 6.07 Å². The van der Waals surface area contributed by atoms with Crippen LogP contribution in [0.15, 0.2) is 36.4 Å². The molecule has 0 bridgehead atoms. The number of nitrogens with zero attached hydrogens (tertiary/aromatic N) is 3. The number of hydrogen-bond acceptors (Lipinski definition) is 5. The van der Waals surface area contributed by atoms with E-state index in [-0.39, 0.29) is 18.2 Å². The number of benzene rings is 2. The predicted molar refractivity (Wildman–Crippen MR) is 116 cm³/mol. The minimum Gasteiger partial charge on any atom is -0.490 e. The van der Waals surface area contributed by atoms with Gasteiger partial charge in [0.15, 0.2) is 0 Å². The minimum atomic E-state index is -0.972. The first-order valence-corrected chi connectivity index (χ1v) is 10.6. The molecule has 1 amide bonds. The molecule has 5 rings (SSSR count). The molecule has 8 heteroatoms. The molecular weight excluding hydrogens is 399 g/mol. The minimum absolute atomic E-state index is 0.120. The van der Waals surface area contributed by atoms with Crippen LogP contribution in [-0.2, 0) is 18.3 Å². The van der Waals surface area contributed by atoms with Crippen LogP contribution in [0, 0.1) is 5.82 Å². The molecule has 0 aliphatic carbocycles.